The van der Waals surface area contributed by atoms with Crippen LogP contribution >= 0.6 is 0 Å². The summed E-state index contributed by atoms with van der Waals surface area (Å²) in [5.41, 5.74) is 0. The molecule has 0 spiro atoms. The highest BCUT2D eigenvalue weighted by Crippen LogP contribution is 2.19. The second kappa shape index (κ2) is 4.20. The zero-order valence-electron chi connectivity index (χ0n) is 6.52. The fourth-order valence-electron chi connectivity index (χ4n) is 0.466. The van der Waals surface area contributed by atoms with Crippen molar-refractivity contribution in [3.05, 3.63) is 0 Å². The van der Waals surface area contributed by atoms with Gasteiger partial charge in [0.05, 0.1) is 6.61 Å². The van der Waals surface area contributed by atoms with E-state index in [4.69, 9.17) is 0 Å². The molecule has 0 N–H and O–H groups in total. The monoisotopic (exact) mass is 202 g/mol. The Bertz CT molecular complexity index is 210. The van der Waals surface area contributed by atoms with Gasteiger partial charge in [-0.25, -0.2) is 9.18 Å². The Morgan fingerprint density at radius 1 is 1.38 bits per heavy atom. The van der Waals surface area contributed by atoms with Crippen LogP contribution in [0.2, 0.25) is 0 Å². The van der Waals surface area contributed by atoms with Crippen molar-refractivity contribution in [2.24, 2.45) is 0 Å². The molecule has 0 aliphatic rings. The van der Waals surface area contributed by atoms with Crippen LogP contribution in [0.15, 0.2) is 0 Å². The molecule has 0 amide bonds. The summed E-state index contributed by atoms with van der Waals surface area (Å²) < 4.78 is 50.7. The minimum atomic E-state index is -5.35. The van der Waals surface area contributed by atoms with Crippen LogP contribution < -0.4 is 0 Å². The summed E-state index contributed by atoms with van der Waals surface area (Å²) in [5.74, 6) is -4.56. The molecule has 0 aromatic heterocycles. The Kier molecular flexibility index (Phi) is 3.83. The summed E-state index contributed by atoms with van der Waals surface area (Å²) in [6, 6.07) is 0. The first kappa shape index (κ1) is 11.9. The number of rotatable bonds is 3. The lowest BCUT2D eigenvalue weighted by atomic mass is 10.2. The Morgan fingerprint density at radius 2 is 1.85 bits per heavy atom. The predicted molar refractivity (Wildman–Crippen MR) is 32.6 cm³/mol. The minimum absolute atomic E-state index is 0.287. The van der Waals surface area contributed by atoms with Crippen LogP contribution in [-0.4, -0.2) is 30.7 Å². The molecule has 0 saturated heterocycles. The van der Waals surface area contributed by atoms with Gasteiger partial charge < -0.3 is 4.74 Å². The average Bonchev–Trinajstić information content (AvgIpc) is 2.00. The number of carbonyl (C=O) groups excluding carboxylic acids is 2. The number of ketones is 1. The number of halogens is 4. The molecular weight excluding hydrogens is 196 g/mol. The first-order chi connectivity index (χ1) is 5.80. The summed E-state index contributed by atoms with van der Waals surface area (Å²) >= 11 is 0. The Hall–Kier alpha value is -1.14. The van der Waals surface area contributed by atoms with Crippen molar-refractivity contribution in [2.45, 2.75) is 19.3 Å². The first-order valence-electron chi connectivity index (χ1n) is 3.22. The van der Waals surface area contributed by atoms with Crippen molar-refractivity contribution in [3.8, 4) is 0 Å². The summed E-state index contributed by atoms with van der Waals surface area (Å²) in [6.45, 7) is 0.993. The van der Waals surface area contributed by atoms with Gasteiger partial charge in [0, 0.05) is 0 Å². The third-order valence-corrected chi connectivity index (χ3v) is 1.00. The molecule has 1 atom stereocenters. The first-order valence-corrected chi connectivity index (χ1v) is 3.22. The molecule has 13 heavy (non-hydrogen) atoms. The summed E-state index contributed by atoms with van der Waals surface area (Å²) in [5, 5.41) is 0. The molecular formula is C6H6F4O3. The van der Waals surface area contributed by atoms with E-state index in [1.54, 1.807) is 0 Å². The van der Waals surface area contributed by atoms with E-state index in [9.17, 15) is 27.2 Å². The van der Waals surface area contributed by atoms with Gasteiger partial charge in [0.1, 0.15) is 0 Å². The Morgan fingerprint density at radius 3 is 2.15 bits per heavy atom. The van der Waals surface area contributed by atoms with E-state index < -0.39 is 24.1 Å². The van der Waals surface area contributed by atoms with E-state index in [1.807, 2.05) is 0 Å². The van der Waals surface area contributed by atoms with E-state index in [0.717, 1.165) is 0 Å². The Labute approximate surface area is 70.7 Å². The summed E-state index contributed by atoms with van der Waals surface area (Å²) in [7, 11) is 0. The highest BCUT2D eigenvalue weighted by Gasteiger charge is 2.47. The molecule has 0 rings (SSSR count). The van der Waals surface area contributed by atoms with E-state index in [0.29, 0.717) is 0 Å². The van der Waals surface area contributed by atoms with Gasteiger partial charge in [-0.2, -0.15) is 13.2 Å². The molecule has 0 aliphatic carbocycles. The molecule has 0 unspecified atom stereocenters. The smallest absolute Gasteiger partial charge is 0.453 e. The lowest BCUT2D eigenvalue weighted by Gasteiger charge is -2.08. The molecule has 0 aromatic rings. The topological polar surface area (TPSA) is 43.4 Å². The van der Waals surface area contributed by atoms with Crippen LogP contribution in [-0.2, 0) is 14.3 Å². The molecule has 0 saturated carbocycles. The molecule has 3 nitrogen and oxygen atoms in total. The second-order valence-electron chi connectivity index (χ2n) is 1.98. The minimum Gasteiger partial charge on any atom is -0.463 e. The molecule has 0 fully saturated rings. The number of hydrogen-bond acceptors (Lipinski definition) is 3. The fourth-order valence-corrected chi connectivity index (χ4v) is 0.466. The van der Waals surface area contributed by atoms with Crippen molar-refractivity contribution in [1.29, 1.82) is 0 Å². The van der Waals surface area contributed by atoms with Crippen LogP contribution in [0.5, 0.6) is 0 Å². The maximum atomic E-state index is 12.3. The fraction of sp³-hybridized carbons (Fsp3) is 0.667. The highest BCUT2D eigenvalue weighted by atomic mass is 19.4. The number of alkyl halides is 4. The van der Waals surface area contributed by atoms with Crippen molar-refractivity contribution in [2.75, 3.05) is 6.61 Å². The zero-order chi connectivity index (χ0) is 10.6. The van der Waals surface area contributed by atoms with E-state index >= 15 is 0 Å². The number of hydrogen-bond donors (Lipinski definition) is 0. The van der Waals surface area contributed by atoms with Crippen molar-refractivity contribution in [3.63, 3.8) is 0 Å². The van der Waals surface area contributed by atoms with Crippen molar-refractivity contribution >= 4 is 11.8 Å². The number of ether oxygens (including phenoxy) is 1. The van der Waals surface area contributed by atoms with Gasteiger partial charge in [-0.05, 0) is 6.92 Å². The summed E-state index contributed by atoms with van der Waals surface area (Å²) in [6.07, 6.45) is -8.63. The van der Waals surface area contributed by atoms with Gasteiger partial charge in [-0.3, -0.25) is 4.79 Å². The second-order valence-corrected chi connectivity index (χ2v) is 1.98. The molecule has 0 aliphatic heterocycles. The van der Waals surface area contributed by atoms with Gasteiger partial charge in [0.25, 0.3) is 12.0 Å². The standard InChI is InChI=1S/C6H6F4O3/c1-2-13-5(12)3(7)4(11)6(8,9)10/h3H,2H2,1H3/t3-/m0/s1. The van der Waals surface area contributed by atoms with Gasteiger partial charge in [0.15, 0.2) is 0 Å². The van der Waals surface area contributed by atoms with E-state index in [-0.39, 0.29) is 6.61 Å². The molecule has 0 radical (unpaired) electrons. The van der Waals surface area contributed by atoms with Gasteiger partial charge in [-0.15, -0.1) is 0 Å². The van der Waals surface area contributed by atoms with Crippen LogP contribution in [0.3, 0.4) is 0 Å². The SMILES string of the molecule is CCOC(=O)[C@@H](F)C(=O)C(F)(F)F. The third-order valence-electron chi connectivity index (χ3n) is 1.00. The van der Waals surface area contributed by atoms with E-state index in [2.05, 4.69) is 4.74 Å². The van der Waals surface area contributed by atoms with Crippen molar-refractivity contribution < 1.29 is 31.9 Å². The maximum absolute atomic E-state index is 12.3. The van der Waals surface area contributed by atoms with Crippen LogP contribution in [0.25, 0.3) is 0 Å². The zero-order valence-corrected chi connectivity index (χ0v) is 6.52. The predicted octanol–water partition coefficient (Wildman–Crippen LogP) is 1.02. The number of carbonyl (C=O) groups is 2. The molecule has 0 bridgehead atoms. The van der Waals surface area contributed by atoms with Crippen LogP contribution in [0.1, 0.15) is 6.92 Å². The number of Topliss-reactive ketones (excluding diaryl/α,β-unsaturated/α-hetero) is 1. The molecule has 76 valence electrons. The van der Waals surface area contributed by atoms with Crippen LogP contribution in [0, 0.1) is 0 Å². The lowest BCUT2D eigenvalue weighted by molar-refractivity contribution is -0.181. The largest absolute Gasteiger partial charge is 0.463 e. The van der Waals surface area contributed by atoms with Gasteiger partial charge in [0.2, 0.25) is 0 Å². The van der Waals surface area contributed by atoms with Gasteiger partial charge in [-0.1, -0.05) is 0 Å². The average molecular weight is 202 g/mol. The van der Waals surface area contributed by atoms with Gasteiger partial charge >= 0.3 is 12.1 Å². The maximum Gasteiger partial charge on any atom is 0.453 e. The van der Waals surface area contributed by atoms with Crippen LogP contribution in [0.4, 0.5) is 17.6 Å². The number of esters is 1. The highest BCUT2D eigenvalue weighted by molar-refractivity contribution is 6.04. The molecule has 0 heterocycles. The normalized spacial score (nSPS) is 13.6. The molecule has 7 heteroatoms. The van der Waals surface area contributed by atoms with Crippen molar-refractivity contribution in [1.82, 2.24) is 0 Å². The quantitative estimate of drug-likeness (QED) is 0.390. The van der Waals surface area contributed by atoms with E-state index in [1.165, 1.54) is 6.92 Å². The third kappa shape index (κ3) is 3.39. The Balaban J connectivity index is 4.35. The lowest BCUT2D eigenvalue weighted by Crippen LogP contribution is -2.37. The molecule has 0 aromatic carbocycles. The summed E-state index contributed by atoms with van der Waals surface area (Å²) in [4.78, 5) is 20.4.